The number of aliphatic carboxylic acids is 1. The van der Waals surface area contributed by atoms with Gasteiger partial charge in [-0.1, -0.05) is 74.0 Å². The Morgan fingerprint density at radius 2 is 1.29 bits per heavy atom. The van der Waals surface area contributed by atoms with Crippen LogP contribution in [0.3, 0.4) is 0 Å². The average Bonchev–Trinajstić information content (AvgIpc) is 2.62. The molecule has 0 bridgehead atoms. The van der Waals surface area contributed by atoms with Crippen LogP contribution in [0.2, 0.25) is 0 Å². The summed E-state index contributed by atoms with van der Waals surface area (Å²) in [5, 5.41) is 8.54. The summed E-state index contributed by atoms with van der Waals surface area (Å²) in [5.74, 6) is -0.720. The molecule has 1 N–H and O–H groups in total. The van der Waals surface area contributed by atoms with Crippen molar-refractivity contribution in [3.63, 3.8) is 0 Å². The Hall–Kier alpha value is -1.83. The topological polar surface area (TPSA) is 37.3 Å². The number of allylic oxidation sites excluding steroid dienone is 10. The van der Waals surface area contributed by atoms with Crippen molar-refractivity contribution in [1.82, 2.24) is 0 Å². The van der Waals surface area contributed by atoms with Crippen molar-refractivity contribution in [2.45, 2.75) is 71.0 Å². The SMILES string of the molecule is [2H]C([2H])([2H])C([2H])([2H])/C=C/C/C=C/C/C=C/C/C=C/C/C=C/CCCCCC(=O)O. The van der Waals surface area contributed by atoms with E-state index in [1.165, 1.54) is 0 Å². The highest BCUT2D eigenvalue weighted by Crippen LogP contribution is 2.04. The van der Waals surface area contributed by atoms with Crippen molar-refractivity contribution >= 4 is 5.97 Å². The maximum atomic E-state index is 10.4. The van der Waals surface area contributed by atoms with Gasteiger partial charge in [0.05, 0.1) is 0 Å². The standard InChI is InChI=1S/C22H34O2/c1-2-3-4-5-6-7-8-9-10-11-12-13-14-15-16-17-18-19-20-21-22(23)24/h3-4,6-7,9-10,12-13,15-16H,2,5,8,11,14,17-21H2,1H3,(H,23,24)/b4-3+,7-6+,10-9+,13-12+,16-15+/i1D3,2D2. The largest absolute Gasteiger partial charge is 0.481 e. The lowest BCUT2D eigenvalue weighted by Gasteiger charge is -1.94. The van der Waals surface area contributed by atoms with E-state index >= 15 is 0 Å². The van der Waals surface area contributed by atoms with E-state index < -0.39 is 19.2 Å². The Balaban J connectivity index is 3.70. The van der Waals surface area contributed by atoms with Crippen LogP contribution in [-0.4, -0.2) is 11.1 Å². The van der Waals surface area contributed by atoms with Gasteiger partial charge in [-0.3, -0.25) is 4.79 Å². The van der Waals surface area contributed by atoms with E-state index in [1.54, 1.807) is 6.08 Å². The number of carboxylic acid groups (broad SMARTS) is 1. The van der Waals surface area contributed by atoms with Gasteiger partial charge in [0.2, 0.25) is 0 Å². The Bertz CT molecular complexity index is 585. The van der Waals surface area contributed by atoms with Crippen LogP contribution < -0.4 is 0 Å². The molecule has 0 aliphatic heterocycles. The van der Waals surface area contributed by atoms with Crippen LogP contribution in [0.5, 0.6) is 0 Å². The normalized spacial score (nSPS) is 16.9. The Morgan fingerprint density at radius 3 is 1.79 bits per heavy atom. The molecule has 0 unspecified atom stereocenters. The Kier molecular flexibility index (Phi) is 11.6. The van der Waals surface area contributed by atoms with E-state index in [0.717, 1.165) is 51.0 Å². The fourth-order valence-corrected chi connectivity index (χ4v) is 1.95. The Morgan fingerprint density at radius 1 is 0.792 bits per heavy atom. The Labute approximate surface area is 155 Å². The van der Waals surface area contributed by atoms with E-state index in [1.807, 2.05) is 12.2 Å². The van der Waals surface area contributed by atoms with Gasteiger partial charge >= 0.3 is 5.97 Å². The number of carbonyl (C=O) groups is 1. The number of carboxylic acids is 1. The van der Waals surface area contributed by atoms with Gasteiger partial charge in [-0.05, 0) is 51.3 Å². The summed E-state index contributed by atoms with van der Waals surface area (Å²) in [7, 11) is 0. The highest BCUT2D eigenvalue weighted by Gasteiger charge is 1.94. The predicted octanol–water partition coefficient (Wildman–Crippen LogP) is 6.77. The molecule has 0 radical (unpaired) electrons. The molecule has 0 fully saturated rings. The molecular formula is C22H34O2. The van der Waals surface area contributed by atoms with E-state index in [2.05, 4.69) is 36.5 Å². The minimum Gasteiger partial charge on any atom is -0.481 e. The molecule has 0 aromatic carbocycles. The predicted molar refractivity (Wildman–Crippen MR) is 105 cm³/mol. The summed E-state index contributed by atoms with van der Waals surface area (Å²) in [5.41, 5.74) is 0. The number of hydrogen-bond acceptors (Lipinski definition) is 1. The molecule has 0 heterocycles. The molecular weight excluding hydrogens is 296 g/mol. The van der Waals surface area contributed by atoms with Crippen LogP contribution in [0, 0.1) is 0 Å². The van der Waals surface area contributed by atoms with Crippen molar-refractivity contribution in [3.05, 3.63) is 60.8 Å². The molecule has 0 saturated carbocycles. The van der Waals surface area contributed by atoms with Gasteiger partial charge in [-0.25, -0.2) is 0 Å². The van der Waals surface area contributed by atoms with Gasteiger partial charge in [0, 0.05) is 13.3 Å². The van der Waals surface area contributed by atoms with Gasteiger partial charge in [0.25, 0.3) is 0 Å². The van der Waals surface area contributed by atoms with Crippen molar-refractivity contribution in [2.24, 2.45) is 0 Å². The van der Waals surface area contributed by atoms with Gasteiger partial charge < -0.3 is 5.11 Å². The van der Waals surface area contributed by atoms with Crippen LogP contribution in [0.15, 0.2) is 60.8 Å². The lowest BCUT2D eigenvalue weighted by molar-refractivity contribution is -0.137. The molecule has 0 saturated heterocycles. The third kappa shape index (κ3) is 20.2. The zero-order chi connectivity index (χ0) is 22.0. The quantitative estimate of drug-likeness (QED) is 0.265. The molecule has 0 aliphatic rings. The second-order valence-electron chi connectivity index (χ2n) is 5.37. The van der Waals surface area contributed by atoms with E-state index in [4.69, 9.17) is 12.0 Å². The average molecular weight is 336 g/mol. The van der Waals surface area contributed by atoms with Crippen molar-refractivity contribution in [3.8, 4) is 0 Å². The maximum Gasteiger partial charge on any atom is 0.303 e. The second kappa shape index (κ2) is 19.2. The lowest BCUT2D eigenvalue weighted by atomic mass is 10.1. The highest BCUT2D eigenvalue weighted by molar-refractivity contribution is 5.66. The molecule has 2 nitrogen and oxygen atoms in total. The molecule has 0 aliphatic carbocycles. The summed E-state index contributed by atoms with van der Waals surface area (Å²) < 4.78 is 36.2. The number of hydrogen-bond donors (Lipinski definition) is 1. The van der Waals surface area contributed by atoms with Crippen molar-refractivity contribution in [1.29, 1.82) is 0 Å². The van der Waals surface area contributed by atoms with Crippen LogP contribution in [0.4, 0.5) is 0 Å². The first-order valence-corrected chi connectivity index (χ1v) is 8.66. The van der Waals surface area contributed by atoms with Gasteiger partial charge in [-0.2, -0.15) is 0 Å². The first-order valence-electron chi connectivity index (χ1n) is 11.2. The van der Waals surface area contributed by atoms with E-state index in [0.29, 0.717) is 6.42 Å². The fraction of sp³-hybridized carbons (Fsp3) is 0.500. The summed E-state index contributed by atoms with van der Waals surface area (Å²) in [6.45, 7) is -2.64. The van der Waals surface area contributed by atoms with Crippen LogP contribution in [-0.2, 0) is 4.79 Å². The summed E-state index contributed by atoms with van der Waals surface area (Å²) in [4.78, 5) is 10.4. The summed E-state index contributed by atoms with van der Waals surface area (Å²) in [6, 6.07) is 0. The molecule has 0 rings (SSSR count). The number of rotatable bonds is 15. The molecule has 0 amide bonds. The first-order chi connectivity index (χ1) is 13.7. The maximum absolute atomic E-state index is 10.4. The van der Waals surface area contributed by atoms with E-state index in [9.17, 15) is 4.79 Å². The second-order valence-corrected chi connectivity index (χ2v) is 5.37. The molecule has 134 valence electrons. The first kappa shape index (κ1) is 14.5. The molecule has 24 heavy (non-hydrogen) atoms. The molecule has 2 heteroatoms. The molecule has 0 atom stereocenters. The third-order valence-corrected chi connectivity index (χ3v) is 3.22. The van der Waals surface area contributed by atoms with Crippen LogP contribution >= 0.6 is 0 Å². The van der Waals surface area contributed by atoms with Gasteiger partial charge in [0.15, 0.2) is 0 Å². The molecule has 0 aromatic heterocycles. The number of unbranched alkanes of at least 4 members (excludes halogenated alkanes) is 3. The van der Waals surface area contributed by atoms with Gasteiger partial charge in [-0.15, -0.1) is 0 Å². The third-order valence-electron chi connectivity index (χ3n) is 3.22. The van der Waals surface area contributed by atoms with Crippen LogP contribution in [0.25, 0.3) is 0 Å². The zero-order valence-corrected chi connectivity index (χ0v) is 14.5. The monoisotopic (exact) mass is 335 g/mol. The van der Waals surface area contributed by atoms with Gasteiger partial charge in [0.1, 0.15) is 0 Å². The molecule has 0 aromatic rings. The van der Waals surface area contributed by atoms with Crippen molar-refractivity contribution in [2.75, 3.05) is 0 Å². The summed E-state index contributed by atoms with van der Waals surface area (Å²) in [6.07, 6.45) is 23.9. The minimum atomic E-state index is -2.64. The minimum absolute atomic E-state index is 0.262. The van der Waals surface area contributed by atoms with E-state index in [-0.39, 0.29) is 6.42 Å². The zero-order valence-electron chi connectivity index (χ0n) is 19.5. The fourth-order valence-electron chi connectivity index (χ4n) is 1.95. The molecule has 0 spiro atoms. The van der Waals surface area contributed by atoms with Crippen LogP contribution in [0.1, 0.15) is 77.9 Å². The lowest BCUT2D eigenvalue weighted by Crippen LogP contribution is -1.93. The summed E-state index contributed by atoms with van der Waals surface area (Å²) >= 11 is 0. The smallest absolute Gasteiger partial charge is 0.303 e. The van der Waals surface area contributed by atoms with Crippen molar-refractivity contribution < 1.29 is 16.8 Å². The highest BCUT2D eigenvalue weighted by atomic mass is 16.4.